The van der Waals surface area contributed by atoms with E-state index in [0.29, 0.717) is 16.0 Å². The molecule has 8 nitrogen and oxygen atoms in total. The predicted octanol–water partition coefficient (Wildman–Crippen LogP) is 2.92. The molecule has 1 N–H and O–H groups in total. The Kier molecular flexibility index (Phi) is 5.77. The maximum atomic E-state index is 12.8. The molecule has 0 aliphatic carbocycles. The van der Waals surface area contributed by atoms with E-state index in [9.17, 15) is 13.2 Å². The molecule has 0 radical (unpaired) electrons. The zero-order valence-electron chi connectivity index (χ0n) is 16.4. The van der Waals surface area contributed by atoms with Gasteiger partial charge in [0.25, 0.3) is 15.9 Å². The quantitative estimate of drug-likeness (QED) is 0.694. The van der Waals surface area contributed by atoms with E-state index < -0.39 is 21.5 Å². The van der Waals surface area contributed by atoms with Crippen LogP contribution < -0.4 is 14.8 Å². The van der Waals surface area contributed by atoms with E-state index in [1.54, 1.807) is 12.1 Å². The third kappa shape index (κ3) is 4.18. The molecule has 1 aliphatic rings. The Morgan fingerprint density at radius 1 is 1.17 bits per heavy atom. The lowest BCUT2D eigenvalue weighted by molar-refractivity contribution is -0.0258. The number of halogens is 1. The second-order valence-corrected chi connectivity index (χ2v) is 9.20. The predicted molar refractivity (Wildman–Crippen MR) is 106 cm³/mol. The summed E-state index contributed by atoms with van der Waals surface area (Å²) in [5, 5.41) is 2.89. The highest BCUT2D eigenvalue weighted by Crippen LogP contribution is 2.35. The average molecular weight is 441 g/mol. The molecule has 29 heavy (non-hydrogen) atoms. The number of carbonyl (C=O) groups is 1. The van der Waals surface area contributed by atoms with Crippen LogP contribution in [0, 0.1) is 0 Å². The van der Waals surface area contributed by atoms with Crippen LogP contribution in [0.25, 0.3) is 0 Å². The van der Waals surface area contributed by atoms with Crippen molar-refractivity contribution in [1.82, 2.24) is 9.79 Å². The van der Waals surface area contributed by atoms with Gasteiger partial charge < -0.3 is 14.8 Å². The second-order valence-electron chi connectivity index (χ2n) is 6.89. The monoisotopic (exact) mass is 440 g/mol. The van der Waals surface area contributed by atoms with Crippen molar-refractivity contribution in [2.75, 3.05) is 21.0 Å². The third-order valence-electron chi connectivity index (χ3n) is 4.59. The molecule has 1 aliphatic heterocycles. The van der Waals surface area contributed by atoms with Gasteiger partial charge in [-0.25, -0.2) is 8.42 Å². The molecule has 2 aromatic carbocycles. The fourth-order valence-corrected chi connectivity index (χ4v) is 4.27. The van der Waals surface area contributed by atoms with Crippen molar-refractivity contribution >= 4 is 27.5 Å². The van der Waals surface area contributed by atoms with Crippen molar-refractivity contribution < 1.29 is 27.5 Å². The first kappa shape index (κ1) is 21.4. The van der Waals surface area contributed by atoms with Gasteiger partial charge in [0.2, 0.25) is 6.79 Å². The van der Waals surface area contributed by atoms with E-state index >= 15 is 0 Å². The van der Waals surface area contributed by atoms with Crippen LogP contribution >= 0.6 is 11.6 Å². The molecular formula is C19H21ClN2O6S. The lowest BCUT2D eigenvalue weighted by Gasteiger charge is -2.27. The van der Waals surface area contributed by atoms with Crippen LogP contribution in [0.4, 0.5) is 0 Å². The number of hydrogen-bond acceptors (Lipinski definition) is 6. The molecule has 156 valence electrons. The largest absolute Gasteiger partial charge is 0.454 e. The Morgan fingerprint density at radius 2 is 1.86 bits per heavy atom. The molecule has 0 saturated carbocycles. The average Bonchev–Trinajstić information content (AvgIpc) is 3.14. The maximum absolute atomic E-state index is 12.8. The molecule has 3 rings (SSSR count). The molecule has 1 heterocycles. The van der Waals surface area contributed by atoms with Crippen LogP contribution in [0.1, 0.15) is 29.8 Å². The van der Waals surface area contributed by atoms with Crippen molar-refractivity contribution in [2.45, 2.75) is 24.3 Å². The molecule has 0 spiro atoms. The molecule has 0 fully saturated rings. The minimum atomic E-state index is -4.01. The molecule has 0 unspecified atom stereocenters. The van der Waals surface area contributed by atoms with E-state index in [4.69, 9.17) is 25.9 Å². The first-order valence-corrected chi connectivity index (χ1v) is 10.4. The van der Waals surface area contributed by atoms with Crippen molar-refractivity contribution in [3.8, 4) is 11.5 Å². The van der Waals surface area contributed by atoms with Gasteiger partial charge in [0, 0.05) is 12.6 Å². The zero-order chi connectivity index (χ0) is 21.4. The molecule has 10 heteroatoms. The summed E-state index contributed by atoms with van der Waals surface area (Å²) in [7, 11) is -1.55. The Morgan fingerprint density at radius 3 is 2.55 bits per heavy atom. The number of sulfonamides is 1. The number of carbonyl (C=O) groups excluding carboxylic acids is 1. The Labute approximate surface area is 174 Å². The smallest absolute Gasteiger partial charge is 0.266 e. The van der Waals surface area contributed by atoms with E-state index in [2.05, 4.69) is 5.32 Å². The van der Waals surface area contributed by atoms with Crippen molar-refractivity contribution in [3.63, 3.8) is 0 Å². The summed E-state index contributed by atoms with van der Waals surface area (Å²) in [6.45, 7) is 3.81. The summed E-state index contributed by atoms with van der Waals surface area (Å²) in [6, 6.07) is 9.45. The van der Waals surface area contributed by atoms with Crippen LogP contribution in [0.3, 0.4) is 0 Å². The van der Waals surface area contributed by atoms with Gasteiger partial charge in [0.15, 0.2) is 11.5 Å². The van der Waals surface area contributed by atoms with Crippen molar-refractivity contribution in [3.05, 3.63) is 52.5 Å². The first-order valence-electron chi connectivity index (χ1n) is 8.61. The number of hydroxylamine groups is 1. The number of amides is 1. The minimum Gasteiger partial charge on any atom is -0.454 e. The van der Waals surface area contributed by atoms with Crippen molar-refractivity contribution in [1.29, 1.82) is 0 Å². The summed E-state index contributed by atoms with van der Waals surface area (Å²) in [5.74, 6) is 0.791. The lowest BCUT2D eigenvalue weighted by atomic mass is 9.93. The zero-order valence-corrected chi connectivity index (χ0v) is 17.9. The van der Waals surface area contributed by atoms with Crippen molar-refractivity contribution in [2.24, 2.45) is 0 Å². The molecule has 1 amide bonds. The molecular weight excluding hydrogens is 420 g/mol. The fourth-order valence-electron chi connectivity index (χ4n) is 2.79. The van der Waals surface area contributed by atoms with Gasteiger partial charge in [-0.05, 0) is 49.7 Å². The Balaban J connectivity index is 1.88. The third-order valence-corrected chi connectivity index (χ3v) is 6.75. The highest BCUT2D eigenvalue weighted by molar-refractivity contribution is 7.89. The molecule has 0 aromatic heterocycles. The SMILES string of the molecule is CON(C)S(=O)(=O)c1cc(C(=O)NC(C)(C)c2ccc3c(c2)OCO3)ccc1Cl. The van der Waals surface area contributed by atoms with Gasteiger partial charge >= 0.3 is 0 Å². The first-order chi connectivity index (χ1) is 13.6. The molecule has 2 aromatic rings. The lowest BCUT2D eigenvalue weighted by Crippen LogP contribution is -2.41. The number of rotatable bonds is 6. The summed E-state index contributed by atoms with van der Waals surface area (Å²) in [6.07, 6.45) is 0. The van der Waals surface area contributed by atoms with E-state index in [1.165, 1.54) is 32.4 Å². The summed E-state index contributed by atoms with van der Waals surface area (Å²) < 4.78 is 36.4. The summed E-state index contributed by atoms with van der Waals surface area (Å²) in [5.41, 5.74) is 0.183. The summed E-state index contributed by atoms with van der Waals surface area (Å²) in [4.78, 5) is 17.4. The number of benzene rings is 2. The van der Waals surface area contributed by atoms with Gasteiger partial charge in [0.1, 0.15) is 4.90 Å². The number of ether oxygens (including phenoxy) is 2. The topological polar surface area (TPSA) is 94.2 Å². The molecule has 0 saturated heterocycles. The van der Waals surface area contributed by atoms with Gasteiger partial charge in [-0.15, -0.1) is 0 Å². The maximum Gasteiger partial charge on any atom is 0.266 e. The van der Waals surface area contributed by atoms with Crippen LogP contribution in [-0.2, 0) is 20.4 Å². The second kappa shape index (κ2) is 7.83. The van der Waals surface area contributed by atoms with E-state index in [1.807, 2.05) is 19.9 Å². The van der Waals surface area contributed by atoms with E-state index in [-0.39, 0.29) is 22.3 Å². The van der Waals surface area contributed by atoms with Gasteiger partial charge in [-0.2, -0.15) is 0 Å². The van der Waals surface area contributed by atoms with Crippen LogP contribution in [0.15, 0.2) is 41.3 Å². The molecule has 0 atom stereocenters. The number of fused-ring (bicyclic) bond motifs is 1. The number of hydrogen-bond donors (Lipinski definition) is 1. The number of nitrogens with zero attached hydrogens (tertiary/aromatic N) is 1. The van der Waals surface area contributed by atoms with Crippen LogP contribution in [0.2, 0.25) is 5.02 Å². The Hall–Kier alpha value is -2.33. The fraction of sp³-hybridized carbons (Fsp3) is 0.316. The van der Waals surface area contributed by atoms with Crippen LogP contribution in [0.5, 0.6) is 11.5 Å². The summed E-state index contributed by atoms with van der Waals surface area (Å²) >= 11 is 6.05. The minimum absolute atomic E-state index is 0.0134. The molecule has 0 bridgehead atoms. The van der Waals surface area contributed by atoms with E-state index in [0.717, 1.165) is 5.56 Å². The van der Waals surface area contributed by atoms with Gasteiger partial charge in [-0.1, -0.05) is 22.1 Å². The highest BCUT2D eigenvalue weighted by Gasteiger charge is 2.28. The van der Waals surface area contributed by atoms with Crippen LogP contribution in [-0.4, -0.2) is 39.7 Å². The van der Waals surface area contributed by atoms with Gasteiger partial charge in [0.05, 0.1) is 17.7 Å². The highest BCUT2D eigenvalue weighted by atomic mass is 35.5. The normalized spacial score (nSPS) is 13.6. The van der Waals surface area contributed by atoms with Gasteiger partial charge in [-0.3, -0.25) is 9.63 Å². The standard InChI is InChI=1S/C19H21ClN2O6S/c1-19(2,13-6-8-15-16(10-13)28-11-27-15)21-18(23)12-5-7-14(20)17(9-12)29(24,25)22(3)26-4/h5-10H,11H2,1-4H3,(H,21,23). The number of nitrogens with one attached hydrogen (secondary N) is 1. The Bertz CT molecular complexity index is 1050.